The summed E-state index contributed by atoms with van der Waals surface area (Å²) in [6, 6.07) is 3.16. The van der Waals surface area contributed by atoms with E-state index in [9.17, 15) is 5.11 Å². The van der Waals surface area contributed by atoms with Gasteiger partial charge in [0.1, 0.15) is 11.3 Å². The predicted molar refractivity (Wildman–Crippen MR) is 130 cm³/mol. The molecule has 2 fully saturated rings. The fourth-order valence-corrected chi connectivity index (χ4v) is 4.95. The molecule has 0 bridgehead atoms. The van der Waals surface area contributed by atoms with Crippen LogP contribution in [0, 0.1) is 5.82 Å². The number of aliphatic hydroxyl groups is 1. The molecule has 3 heterocycles. The van der Waals surface area contributed by atoms with Crippen molar-refractivity contribution < 1.29 is 14.2 Å². The molecule has 3 aromatic rings. The lowest BCUT2D eigenvalue weighted by Gasteiger charge is -2.25. The smallest absolute Gasteiger partial charge is 0.223 e. The van der Waals surface area contributed by atoms with Gasteiger partial charge in [0.2, 0.25) is 5.95 Å². The summed E-state index contributed by atoms with van der Waals surface area (Å²) in [6.07, 6.45) is 2.88. The molecule has 1 aliphatic heterocycles. The van der Waals surface area contributed by atoms with Gasteiger partial charge in [-0.3, -0.25) is 0 Å². The van der Waals surface area contributed by atoms with Crippen molar-refractivity contribution >= 4 is 28.6 Å². The van der Waals surface area contributed by atoms with Gasteiger partial charge in [0.05, 0.1) is 40.7 Å². The van der Waals surface area contributed by atoms with E-state index in [1.165, 1.54) is 12.3 Å². The second-order valence-corrected chi connectivity index (χ2v) is 10.0. The number of rotatable bonds is 5. The van der Waals surface area contributed by atoms with Crippen LogP contribution in [0.5, 0.6) is 0 Å². The lowest BCUT2D eigenvalue weighted by molar-refractivity contribution is -0.0174. The Bertz CT molecular complexity index is 1220. The Morgan fingerprint density at radius 1 is 1.32 bits per heavy atom. The summed E-state index contributed by atoms with van der Waals surface area (Å²) in [5.74, 6) is 0.855. The Hall–Kier alpha value is -2.33. The van der Waals surface area contributed by atoms with Crippen LogP contribution in [0.2, 0.25) is 5.02 Å². The molecule has 34 heavy (non-hydrogen) atoms. The van der Waals surface area contributed by atoms with Crippen molar-refractivity contribution in [3.63, 3.8) is 0 Å². The zero-order valence-corrected chi connectivity index (χ0v) is 20.3. The Kier molecular flexibility index (Phi) is 6.22. The van der Waals surface area contributed by atoms with Gasteiger partial charge in [-0.25, -0.2) is 19.3 Å². The molecule has 0 spiro atoms. The van der Waals surface area contributed by atoms with E-state index in [1.54, 1.807) is 0 Å². The summed E-state index contributed by atoms with van der Waals surface area (Å²) >= 11 is 6.46. The zero-order chi connectivity index (χ0) is 24.1. The highest BCUT2D eigenvalue weighted by atomic mass is 35.5. The van der Waals surface area contributed by atoms with Crippen LogP contribution < -0.4 is 11.1 Å². The van der Waals surface area contributed by atoms with Gasteiger partial charge in [-0.05, 0) is 52.2 Å². The molecule has 2 aromatic heterocycles. The Balaban J connectivity index is 1.54. The number of anilines is 1. The highest BCUT2D eigenvalue weighted by Gasteiger charge is 2.40. The van der Waals surface area contributed by atoms with Crippen molar-refractivity contribution in [3.8, 4) is 11.3 Å². The van der Waals surface area contributed by atoms with Gasteiger partial charge in [-0.1, -0.05) is 11.6 Å². The number of hydrogen-bond acceptors (Lipinski definition) is 7. The molecule has 0 radical (unpaired) electrons. The van der Waals surface area contributed by atoms with Crippen molar-refractivity contribution in [2.45, 2.75) is 76.3 Å². The summed E-state index contributed by atoms with van der Waals surface area (Å²) < 4.78 is 22.9. The van der Waals surface area contributed by atoms with Crippen LogP contribution in [-0.4, -0.2) is 55.5 Å². The molecule has 4 N–H and O–H groups in total. The van der Waals surface area contributed by atoms with Gasteiger partial charge < -0.3 is 25.5 Å². The number of halogens is 2. The van der Waals surface area contributed by atoms with E-state index >= 15 is 4.39 Å². The maximum absolute atomic E-state index is 15.3. The summed E-state index contributed by atoms with van der Waals surface area (Å²) in [4.78, 5) is 13.5. The average molecular weight is 489 g/mol. The van der Waals surface area contributed by atoms with E-state index in [4.69, 9.17) is 22.1 Å². The molecule has 182 valence electrons. The Morgan fingerprint density at radius 3 is 2.79 bits per heavy atom. The van der Waals surface area contributed by atoms with E-state index < -0.39 is 11.9 Å². The second-order valence-electron chi connectivity index (χ2n) is 9.62. The molecular weight excluding hydrogens is 459 g/mol. The van der Waals surface area contributed by atoms with Gasteiger partial charge in [-0.2, -0.15) is 0 Å². The van der Waals surface area contributed by atoms with Crippen LogP contribution in [-0.2, 0) is 4.74 Å². The number of imidazole rings is 1. The zero-order valence-electron chi connectivity index (χ0n) is 19.5. The quantitative estimate of drug-likeness (QED) is 0.497. The lowest BCUT2D eigenvalue weighted by atomic mass is 10.0. The normalized spacial score (nSPS) is 27.2. The first-order chi connectivity index (χ1) is 16.2. The van der Waals surface area contributed by atoms with E-state index in [1.807, 2.05) is 26.8 Å². The topological polar surface area (TPSA) is 111 Å². The van der Waals surface area contributed by atoms with Gasteiger partial charge in [0.15, 0.2) is 5.82 Å². The molecule has 2 aliphatic rings. The standard InChI is InChI=1S/C24H30ClFN6O2/c1-11(2)32-19-8-13(7-16(26)21(19)30-23(32)14-9-17(14)27)20-15(25)10-28-24(31-20)29-18-5-4-6-34-12(3)22(18)33/h7-8,10-12,14,17-18,22,33H,4-6,9,27H2,1-3H3,(H,28,29,31)/t12-,14-,17?,18-,22-/m1/s1. The number of aromatic nitrogens is 4. The van der Waals surface area contributed by atoms with E-state index in [0.717, 1.165) is 18.7 Å². The molecule has 10 heteroatoms. The number of fused-ring (bicyclic) bond motifs is 1. The maximum Gasteiger partial charge on any atom is 0.223 e. The molecule has 1 saturated carbocycles. The highest BCUT2D eigenvalue weighted by Crippen LogP contribution is 2.42. The summed E-state index contributed by atoms with van der Waals surface area (Å²) in [5, 5.41) is 14.1. The summed E-state index contributed by atoms with van der Waals surface area (Å²) in [7, 11) is 0. The van der Waals surface area contributed by atoms with E-state index in [0.29, 0.717) is 46.3 Å². The molecule has 8 nitrogen and oxygen atoms in total. The first kappa shape index (κ1) is 23.4. The lowest BCUT2D eigenvalue weighted by Crippen LogP contribution is -2.40. The minimum absolute atomic E-state index is 0.0641. The van der Waals surface area contributed by atoms with Crippen molar-refractivity contribution in [1.29, 1.82) is 0 Å². The van der Waals surface area contributed by atoms with Crippen LogP contribution in [0.1, 0.15) is 57.8 Å². The fourth-order valence-electron chi connectivity index (χ4n) is 4.75. The molecule has 5 atom stereocenters. The number of nitrogens with zero attached hydrogens (tertiary/aromatic N) is 4. The van der Waals surface area contributed by atoms with Crippen molar-refractivity contribution in [3.05, 3.63) is 35.0 Å². The molecule has 1 unspecified atom stereocenters. The molecule has 5 rings (SSSR count). The molecule has 1 saturated heterocycles. The third-order valence-corrected chi connectivity index (χ3v) is 7.01. The van der Waals surface area contributed by atoms with E-state index in [2.05, 4.69) is 24.8 Å². The van der Waals surface area contributed by atoms with Gasteiger partial charge in [0, 0.05) is 30.2 Å². The number of benzene rings is 1. The number of nitrogens with one attached hydrogen (secondary N) is 1. The number of aliphatic hydroxyl groups excluding tert-OH is 1. The SMILES string of the molecule is CC(C)n1c([C@@H]2CC2N)nc2c(F)cc(-c3nc(N[C@@H]4CCCO[C@H](C)[C@H]4O)ncc3Cl)cc21. The first-order valence-electron chi connectivity index (χ1n) is 11.8. The number of hydrogen-bond donors (Lipinski definition) is 3. The highest BCUT2D eigenvalue weighted by molar-refractivity contribution is 6.33. The molecule has 1 aromatic carbocycles. The third kappa shape index (κ3) is 4.26. The average Bonchev–Trinajstić information content (AvgIpc) is 3.43. The first-order valence-corrected chi connectivity index (χ1v) is 12.2. The largest absolute Gasteiger partial charge is 0.388 e. The molecule has 1 aliphatic carbocycles. The third-order valence-electron chi connectivity index (χ3n) is 6.73. The van der Waals surface area contributed by atoms with Gasteiger partial charge in [-0.15, -0.1) is 0 Å². The number of ether oxygens (including phenoxy) is 1. The van der Waals surface area contributed by atoms with Gasteiger partial charge >= 0.3 is 0 Å². The van der Waals surface area contributed by atoms with Gasteiger partial charge in [0.25, 0.3) is 0 Å². The summed E-state index contributed by atoms with van der Waals surface area (Å²) in [5.41, 5.74) is 8.03. The molecular formula is C24H30ClFN6O2. The second kappa shape index (κ2) is 9.03. The fraction of sp³-hybridized carbons (Fsp3) is 0.542. The molecule has 0 amide bonds. The minimum Gasteiger partial charge on any atom is -0.388 e. The van der Waals surface area contributed by atoms with Crippen LogP contribution in [0.4, 0.5) is 10.3 Å². The van der Waals surface area contributed by atoms with Crippen molar-refractivity contribution in [1.82, 2.24) is 19.5 Å². The van der Waals surface area contributed by atoms with Crippen LogP contribution in [0.3, 0.4) is 0 Å². The Morgan fingerprint density at radius 2 is 2.09 bits per heavy atom. The summed E-state index contributed by atoms with van der Waals surface area (Å²) in [6.45, 7) is 6.54. The van der Waals surface area contributed by atoms with Crippen LogP contribution >= 0.6 is 11.6 Å². The predicted octanol–water partition coefficient (Wildman–Crippen LogP) is 4.02. The van der Waals surface area contributed by atoms with E-state index in [-0.39, 0.29) is 30.1 Å². The number of nitrogens with two attached hydrogens (primary N) is 1. The van der Waals surface area contributed by atoms with Crippen LogP contribution in [0.25, 0.3) is 22.3 Å². The van der Waals surface area contributed by atoms with Crippen molar-refractivity contribution in [2.75, 3.05) is 11.9 Å². The monoisotopic (exact) mass is 488 g/mol. The van der Waals surface area contributed by atoms with Crippen molar-refractivity contribution in [2.24, 2.45) is 5.73 Å². The Labute approximate surface area is 202 Å². The minimum atomic E-state index is -0.702. The van der Waals surface area contributed by atoms with Crippen LogP contribution in [0.15, 0.2) is 18.3 Å². The maximum atomic E-state index is 15.3.